The summed E-state index contributed by atoms with van der Waals surface area (Å²) in [5.74, 6) is 0.110. The molecule has 1 aliphatic rings. The van der Waals surface area contributed by atoms with Crippen LogP contribution in [0.3, 0.4) is 0 Å². The largest absolute Gasteiger partial charge is 0.376 e. The van der Waals surface area contributed by atoms with Crippen molar-refractivity contribution < 1.29 is 9.53 Å². The molecule has 1 heterocycles. The summed E-state index contributed by atoms with van der Waals surface area (Å²) in [5.41, 5.74) is 1.85. The average molecular weight is 340 g/mol. The second kappa shape index (κ2) is 7.23. The fourth-order valence-corrected chi connectivity index (χ4v) is 3.19. The number of carbonyl (C=O) groups is 1. The Labute approximate surface area is 129 Å². The van der Waals surface area contributed by atoms with Gasteiger partial charge in [-0.3, -0.25) is 4.79 Å². The third-order valence-electron chi connectivity index (χ3n) is 3.51. The van der Waals surface area contributed by atoms with Gasteiger partial charge in [0.05, 0.1) is 6.10 Å². The topological polar surface area (TPSA) is 29.5 Å². The van der Waals surface area contributed by atoms with Crippen LogP contribution in [0.4, 0.5) is 0 Å². The molecule has 1 fully saturated rings. The minimum atomic E-state index is 0.110. The highest BCUT2D eigenvalue weighted by molar-refractivity contribution is 9.10. The van der Waals surface area contributed by atoms with E-state index in [0.29, 0.717) is 6.54 Å². The first kappa shape index (κ1) is 15.5. The Bertz CT molecular complexity index is 455. The Hall–Kier alpha value is -0.870. The van der Waals surface area contributed by atoms with Gasteiger partial charge in [0, 0.05) is 29.7 Å². The van der Waals surface area contributed by atoms with Gasteiger partial charge in [0.25, 0.3) is 5.91 Å². The summed E-state index contributed by atoms with van der Waals surface area (Å²) in [6.07, 6.45) is 3.30. The molecule has 0 aliphatic carbocycles. The molecule has 1 aromatic rings. The first-order valence-electron chi connectivity index (χ1n) is 7.28. The van der Waals surface area contributed by atoms with Crippen LogP contribution in [-0.4, -0.2) is 36.6 Å². The van der Waals surface area contributed by atoms with Gasteiger partial charge in [-0.25, -0.2) is 0 Å². The minimum Gasteiger partial charge on any atom is -0.376 e. The van der Waals surface area contributed by atoms with Crippen molar-refractivity contribution in [1.29, 1.82) is 0 Å². The molecular formula is C16H22BrNO2. The Morgan fingerprint density at radius 2 is 2.25 bits per heavy atom. The van der Waals surface area contributed by atoms with Crippen molar-refractivity contribution >= 4 is 21.8 Å². The van der Waals surface area contributed by atoms with Crippen LogP contribution in [-0.2, 0) is 4.74 Å². The first-order valence-corrected chi connectivity index (χ1v) is 8.07. The average Bonchev–Trinajstić information content (AvgIpc) is 2.43. The van der Waals surface area contributed by atoms with Gasteiger partial charge in [-0.2, -0.15) is 0 Å². The highest BCUT2D eigenvalue weighted by Gasteiger charge is 2.25. The van der Waals surface area contributed by atoms with Crippen LogP contribution in [0, 0.1) is 6.92 Å². The fourth-order valence-electron chi connectivity index (χ4n) is 2.59. The number of amides is 1. The van der Waals surface area contributed by atoms with E-state index in [1.807, 2.05) is 30.0 Å². The maximum atomic E-state index is 12.6. The van der Waals surface area contributed by atoms with Crippen LogP contribution in [0.1, 0.15) is 42.1 Å². The van der Waals surface area contributed by atoms with Crippen molar-refractivity contribution in [2.75, 3.05) is 19.7 Å². The van der Waals surface area contributed by atoms with Crippen molar-refractivity contribution in [3.63, 3.8) is 0 Å². The molecule has 1 aliphatic heterocycles. The van der Waals surface area contributed by atoms with Gasteiger partial charge in [-0.05, 0) is 49.9 Å². The zero-order valence-corrected chi connectivity index (χ0v) is 13.8. The molecular weight excluding hydrogens is 318 g/mol. The molecule has 1 amide bonds. The SMILES string of the molecule is CCCOC1CCCN(C(=O)c2cc(C)cc(Br)c2)C1. The van der Waals surface area contributed by atoms with Crippen molar-refractivity contribution in [3.05, 3.63) is 33.8 Å². The normalized spacial score (nSPS) is 19.1. The number of carbonyl (C=O) groups excluding carboxylic acids is 1. The molecule has 20 heavy (non-hydrogen) atoms. The van der Waals surface area contributed by atoms with Crippen LogP contribution in [0.2, 0.25) is 0 Å². The van der Waals surface area contributed by atoms with Crippen LogP contribution in [0.15, 0.2) is 22.7 Å². The number of hydrogen-bond donors (Lipinski definition) is 0. The van der Waals surface area contributed by atoms with Crippen LogP contribution < -0.4 is 0 Å². The van der Waals surface area contributed by atoms with Crippen LogP contribution >= 0.6 is 15.9 Å². The molecule has 1 saturated heterocycles. The van der Waals surface area contributed by atoms with Gasteiger partial charge >= 0.3 is 0 Å². The van der Waals surface area contributed by atoms with Gasteiger partial charge in [-0.1, -0.05) is 22.9 Å². The lowest BCUT2D eigenvalue weighted by Gasteiger charge is -2.32. The third kappa shape index (κ3) is 4.06. The number of hydrogen-bond acceptors (Lipinski definition) is 2. The van der Waals surface area contributed by atoms with E-state index in [1.54, 1.807) is 0 Å². The van der Waals surface area contributed by atoms with Gasteiger partial charge in [0.1, 0.15) is 0 Å². The predicted molar refractivity (Wildman–Crippen MR) is 84.0 cm³/mol. The summed E-state index contributed by atoms with van der Waals surface area (Å²) in [5, 5.41) is 0. The van der Waals surface area contributed by atoms with E-state index in [1.165, 1.54) is 0 Å². The summed E-state index contributed by atoms with van der Waals surface area (Å²) in [6, 6.07) is 5.86. The monoisotopic (exact) mass is 339 g/mol. The molecule has 0 bridgehead atoms. The maximum Gasteiger partial charge on any atom is 0.253 e. The molecule has 3 nitrogen and oxygen atoms in total. The number of likely N-dealkylation sites (tertiary alicyclic amines) is 1. The van der Waals surface area contributed by atoms with E-state index in [2.05, 4.69) is 22.9 Å². The highest BCUT2D eigenvalue weighted by Crippen LogP contribution is 2.20. The fraction of sp³-hybridized carbons (Fsp3) is 0.562. The van der Waals surface area contributed by atoms with Crippen LogP contribution in [0.25, 0.3) is 0 Å². The lowest BCUT2D eigenvalue weighted by atomic mass is 10.1. The molecule has 0 radical (unpaired) electrons. The summed E-state index contributed by atoms with van der Waals surface area (Å²) >= 11 is 3.46. The van der Waals surface area contributed by atoms with Crippen molar-refractivity contribution in [3.8, 4) is 0 Å². The standard InChI is InChI=1S/C16H22BrNO2/c1-3-7-20-15-5-4-6-18(11-15)16(19)13-8-12(2)9-14(17)10-13/h8-10,15H,3-7,11H2,1-2H3. The van der Waals surface area contributed by atoms with Gasteiger partial charge in [0.15, 0.2) is 0 Å². The molecule has 1 aromatic carbocycles. The summed E-state index contributed by atoms with van der Waals surface area (Å²) in [6.45, 7) is 6.43. The van der Waals surface area contributed by atoms with Crippen LogP contribution in [0.5, 0.6) is 0 Å². The van der Waals surface area contributed by atoms with E-state index in [-0.39, 0.29) is 12.0 Å². The van der Waals surface area contributed by atoms with E-state index in [4.69, 9.17) is 4.74 Å². The Balaban J connectivity index is 2.04. The number of rotatable bonds is 4. The Morgan fingerprint density at radius 1 is 1.45 bits per heavy atom. The Morgan fingerprint density at radius 3 is 2.95 bits per heavy atom. The maximum absolute atomic E-state index is 12.6. The summed E-state index contributed by atoms with van der Waals surface area (Å²) in [7, 11) is 0. The smallest absolute Gasteiger partial charge is 0.253 e. The second-order valence-electron chi connectivity index (χ2n) is 5.40. The van der Waals surface area contributed by atoms with E-state index < -0.39 is 0 Å². The Kier molecular flexibility index (Phi) is 5.61. The van der Waals surface area contributed by atoms with E-state index in [9.17, 15) is 4.79 Å². The van der Waals surface area contributed by atoms with E-state index >= 15 is 0 Å². The molecule has 0 aromatic heterocycles. The molecule has 4 heteroatoms. The quantitative estimate of drug-likeness (QED) is 0.835. The minimum absolute atomic E-state index is 0.110. The number of benzene rings is 1. The molecule has 2 rings (SSSR count). The third-order valence-corrected chi connectivity index (χ3v) is 3.97. The highest BCUT2D eigenvalue weighted by atomic mass is 79.9. The molecule has 1 unspecified atom stereocenters. The second-order valence-corrected chi connectivity index (χ2v) is 6.32. The summed E-state index contributed by atoms with van der Waals surface area (Å²) in [4.78, 5) is 14.5. The molecule has 0 N–H and O–H groups in total. The summed E-state index contributed by atoms with van der Waals surface area (Å²) < 4.78 is 6.75. The van der Waals surface area contributed by atoms with Crippen molar-refractivity contribution in [2.24, 2.45) is 0 Å². The number of ether oxygens (including phenoxy) is 1. The van der Waals surface area contributed by atoms with Crippen molar-refractivity contribution in [2.45, 2.75) is 39.2 Å². The zero-order chi connectivity index (χ0) is 14.5. The molecule has 110 valence electrons. The number of halogens is 1. The lowest BCUT2D eigenvalue weighted by molar-refractivity contribution is 0.00211. The molecule has 0 spiro atoms. The van der Waals surface area contributed by atoms with E-state index in [0.717, 1.165) is 48.0 Å². The van der Waals surface area contributed by atoms with Gasteiger partial charge < -0.3 is 9.64 Å². The zero-order valence-electron chi connectivity index (χ0n) is 12.2. The predicted octanol–water partition coefficient (Wildman–Crippen LogP) is 3.79. The molecule has 1 atom stereocenters. The van der Waals surface area contributed by atoms with Gasteiger partial charge in [0.2, 0.25) is 0 Å². The number of aryl methyl sites for hydroxylation is 1. The lowest BCUT2D eigenvalue weighted by Crippen LogP contribution is -2.43. The number of piperidine rings is 1. The van der Waals surface area contributed by atoms with Gasteiger partial charge in [-0.15, -0.1) is 0 Å². The number of nitrogens with zero attached hydrogens (tertiary/aromatic N) is 1. The molecule has 0 saturated carbocycles. The van der Waals surface area contributed by atoms with Crippen molar-refractivity contribution in [1.82, 2.24) is 4.90 Å². The first-order chi connectivity index (χ1) is 9.60.